The van der Waals surface area contributed by atoms with E-state index < -0.39 is 17.8 Å². The molecule has 3 rings (SSSR count). The van der Waals surface area contributed by atoms with Gasteiger partial charge in [0.15, 0.2) is 0 Å². The van der Waals surface area contributed by atoms with Crippen LogP contribution in [0.25, 0.3) is 0 Å². The number of pyridine rings is 1. The zero-order valence-electron chi connectivity index (χ0n) is 18.7. The maximum Gasteiger partial charge on any atom is 0.335 e. The molecule has 0 radical (unpaired) electrons. The van der Waals surface area contributed by atoms with E-state index in [9.17, 15) is 19.5 Å². The molecule has 5 N–H and O–H groups in total. The van der Waals surface area contributed by atoms with E-state index in [-0.39, 0.29) is 40.6 Å². The third kappa shape index (κ3) is 7.41. The number of nitrogens with one attached hydrogen (secondary N) is 2. The van der Waals surface area contributed by atoms with Crippen molar-refractivity contribution in [3.8, 4) is 5.75 Å². The van der Waals surface area contributed by atoms with Crippen LogP contribution in [0.15, 0.2) is 54.7 Å². The zero-order valence-corrected chi connectivity index (χ0v) is 20.3. The fourth-order valence-corrected chi connectivity index (χ4v) is 3.12. The number of carbonyl (C=O) groups is 3. The van der Waals surface area contributed by atoms with Gasteiger partial charge in [0.25, 0.3) is 11.8 Å². The molecule has 11 heteroatoms. The number of hydrogen-bond donors (Lipinski definition) is 4. The molecule has 1 aromatic heterocycles. The number of aromatic carboxylic acids is 1. The Balaban J connectivity index is 0.00000432. The molecule has 0 saturated carbocycles. The minimum Gasteiger partial charge on any atom is -0.493 e. The van der Waals surface area contributed by atoms with Gasteiger partial charge in [0, 0.05) is 6.20 Å². The summed E-state index contributed by atoms with van der Waals surface area (Å²) in [7, 11) is 0. The first-order valence-corrected chi connectivity index (χ1v) is 10.7. The quantitative estimate of drug-likeness (QED) is 0.307. The summed E-state index contributed by atoms with van der Waals surface area (Å²) in [4.78, 5) is 41.5. The Morgan fingerprint density at radius 3 is 2.40 bits per heavy atom. The van der Waals surface area contributed by atoms with Crippen molar-refractivity contribution >= 4 is 53.3 Å². The SMILES string of the molecule is Cc1ccc(C(=O)Nc2cc(C(=O)O)ccc2C(=O)Nc2ccc(Cl)cn2)c(OCCCN)c1.Cl. The Hall–Kier alpha value is -3.66. The molecule has 3 aromatic rings. The van der Waals surface area contributed by atoms with Crippen molar-refractivity contribution in [1.82, 2.24) is 4.98 Å². The van der Waals surface area contributed by atoms with Gasteiger partial charge in [-0.1, -0.05) is 17.7 Å². The van der Waals surface area contributed by atoms with E-state index in [0.717, 1.165) is 5.56 Å². The van der Waals surface area contributed by atoms with Gasteiger partial charge >= 0.3 is 5.97 Å². The second-order valence-corrected chi connectivity index (χ2v) is 7.76. The van der Waals surface area contributed by atoms with Crippen LogP contribution in [0, 0.1) is 6.92 Å². The first kappa shape index (κ1) is 27.6. The molecule has 2 amide bonds. The molecule has 0 saturated heterocycles. The number of carboxylic acid groups (broad SMARTS) is 1. The van der Waals surface area contributed by atoms with E-state index in [4.69, 9.17) is 22.1 Å². The van der Waals surface area contributed by atoms with Crippen LogP contribution in [0.3, 0.4) is 0 Å². The van der Waals surface area contributed by atoms with Crippen LogP contribution >= 0.6 is 24.0 Å². The van der Waals surface area contributed by atoms with Crippen molar-refractivity contribution in [3.05, 3.63) is 82.0 Å². The molecular formula is C24H24Cl2N4O5. The average molecular weight is 519 g/mol. The highest BCUT2D eigenvalue weighted by molar-refractivity contribution is 6.30. The molecule has 0 atom stereocenters. The van der Waals surface area contributed by atoms with Crippen LogP contribution in [-0.2, 0) is 0 Å². The highest BCUT2D eigenvalue weighted by atomic mass is 35.5. The van der Waals surface area contributed by atoms with Crippen LogP contribution in [0.4, 0.5) is 11.5 Å². The van der Waals surface area contributed by atoms with Gasteiger partial charge in [-0.2, -0.15) is 0 Å². The zero-order chi connectivity index (χ0) is 24.7. The van der Waals surface area contributed by atoms with E-state index in [1.165, 1.54) is 30.5 Å². The van der Waals surface area contributed by atoms with Crippen LogP contribution in [0.2, 0.25) is 5.02 Å². The molecule has 184 valence electrons. The summed E-state index contributed by atoms with van der Waals surface area (Å²) in [5, 5.41) is 15.0. The van der Waals surface area contributed by atoms with Gasteiger partial charge in [-0.25, -0.2) is 9.78 Å². The maximum absolute atomic E-state index is 13.1. The second-order valence-electron chi connectivity index (χ2n) is 7.33. The Morgan fingerprint density at radius 2 is 1.74 bits per heavy atom. The number of nitrogens with zero attached hydrogens (tertiary/aromatic N) is 1. The number of rotatable bonds is 9. The minimum atomic E-state index is -1.21. The highest BCUT2D eigenvalue weighted by Gasteiger charge is 2.20. The minimum absolute atomic E-state index is 0. The third-order valence-electron chi connectivity index (χ3n) is 4.72. The smallest absolute Gasteiger partial charge is 0.335 e. The first-order valence-electron chi connectivity index (χ1n) is 10.3. The molecule has 0 aliphatic rings. The lowest BCUT2D eigenvalue weighted by Gasteiger charge is -2.15. The van der Waals surface area contributed by atoms with E-state index in [0.29, 0.717) is 30.3 Å². The third-order valence-corrected chi connectivity index (χ3v) is 4.94. The number of nitrogens with two attached hydrogens (primary N) is 1. The number of aryl methyl sites for hydroxylation is 1. The van der Waals surface area contributed by atoms with E-state index in [1.807, 2.05) is 6.92 Å². The molecule has 0 bridgehead atoms. The van der Waals surface area contributed by atoms with Crippen molar-refractivity contribution in [2.45, 2.75) is 13.3 Å². The topological polar surface area (TPSA) is 144 Å². The molecule has 9 nitrogen and oxygen atoms in total. The number of hydrogen-bond acceptors (Lipinski definition) is 6. The van der Waals surface area contributed by atoms with Gasteiger partial charge in [0.2, 0.25) is 0 Å². The summed E-state index contributed by atoms with van der Waals surface area (Å²) in [5.74, 6) is -1.77. The maximum atomic E-state index is 13.1. The fraction of sp³-hybridized carbons (Fsp3) is 0.167. The number of aromatic nitrogens is 1. The lowest BCUT2D eigenvalue weighted by atomic mass is 10.1. The summed E-state index contributed by atoms with van der Waals surface area (Å²) in [6.45, 7) is 2.63. The van der Waals surface area contributed by atoms with Gasteiger partial charge in [0.05, 0.1) is 34.0 Å². The fourth-order valence-electron chi connectivity index (χ4n) is 3.00. The normalized spacial score (nSPS) is 10.1. The molecule has 0 spiro atoms. The Morgan fingerprint density at radius 1 is 1.03 bits per heavy atom. The molecular weight excluding hydrogens is 495 g/mol. The Kier molecular flexibility index (Phi) is 10.0. The van der Waals surface area contributed by atoms with E-state index >= 15 is 0 Å². The lowest BCUT2D eigenvalue weighted by molar-refractivity contribution is 0.0696. The van der Waals surface area contributed by atoms with E-state index in [1.54, 1.807) is 24.3 Å². The van der Waals surface area contributed by atoms with Crippen molar-refractivity contribution in [2.75, 3.05) is 23.8 Å². The first-order chi connectivity index (χ1) is 16.3. The monoisotopic (exact) mass is 518 g/mol. The highest BCUT2D eigenvalue weighted by Crippen LogP contribution is 2.25. The Labute approximate surface area is 213 Å². The number of halogens is 2. The number of benzene rings is 2. The summed E-state index contributed by atoms with van der Waals surface area (Å²) >= 11 is 5.82. The number of carbonyl (C=O) groups excluding carboxylic acids is 2. The predicted octanol–water partition coefficient (Wildman–Crippen LogP) is 4.40. The van der Waals surface area contributed by atoms with Crippen LogP contribution in [0.5, 0.6) is 5.75 Å². The molecule has 0 unspecified atom stereocenters. The lowest BCUT2D eigenvalue weighted by Crippen LogP contribution is -2.20. The summed E-state index contributed by atoms with van der Waals surface area (Å²) < 4.78 is 5.71. The van der Waals surface area contributed by atoms with Gasteiger partial charge in [-0.3, -0.25) is 9.59 Å². The van der Waals surface area contributed by atoms with Crippen LogP contribution in [-0.4, -0.2) is 41.0 Å². The summed E-state index contributed by atoms with van der Waals surface area (Å²) in [5.41, 5.74) is 6.60. The van der Waals surface area contributed by atoms with Crippen LogP contribution < -0.4 is 21.1 Å². The number of amides is 2. The molecule has 1 heterocycles. The van der Waals surface area contributed by atoms with Gasteiger partial charge < -0.3 is 26.2 Å². The molecule has 35 heavy (non-hydrogen) atoms. The average Bonchev–Trinajstić information content (AvgIpc) is 2.80. The summed E-state index contributed by atoms with van der Waals surface area (Å²) in [6, 6.07) is 11.9. The van der Waals surface area contributed by atoms with Crippen molar-refractivity contribution in [1.29, 1.82) is 0 Å². The van der Waals surface area contributed by atoms with Crippen molar-refractivity contribution in [2.24, 2.45) is 5.73 Å². The van der Waals surface area contributed by atoms with Crippen LogP contribution in [0.1, 0.15) is 43.1 Å². The Bertz CT molecular complexity index is 1220. The van der Waals surface area contributed by atoms with Gasteiger partial charge in [0.1, 0.15) is 11.6 Å². The molecule has 0 aliphatic carbocycles. The number of anilines is 2. The second kappa shape index (κ2) is 12.7. The predicted molar refractivity (Wildman–Crippen MR) is 136 cm³/mol. The van der Waals surface area contributed by atoms with Crippen molar-refractivity contribution < 1.29 is 24.2 Å². The van der Waals surface area contributed by atoms with Crippen molar-refractivity contribution in [3.63, 3.8) is 0 Å². The molecule has 0 fully saturated rings. The standard InChI is InChI=1S/C24H23ClN4O5.ClH/c1-14-3-6-18(20(11-14)34-10-2-9-26)23(31)28-19-12-15(24(32)33)4-7-17(19)22(30)29-21-8-5-16(25)13-27-21;/h3-8,11-13H,2,9-10,26H2,1H3,(H,28,31)(H,32,33)(H,27,29,30);1H. The van der Waals surface area contributed by atoms with Gasteiger partial charge in [-0.05, 0) is 67.9 Å². The summed E-state index contributed by atoms with van der Waals surface area (Å²) in [6.07, 6.45) is 1.98. The molecule has 2 aromatic carbocycles. The largest absolute Gasteiger partial charge is 0.493 e. The molecule has 0 aliphatic heterocycles. The van der Waals surface area contributed by atoms with Gasteiger partial charge in [-0.15, -0.1) is 12.4 Å². The van der Waals surface area contributed by atoms with E-state index in [2.05, 4.69) is 15.6 Å². The number of carboxylic acids is 1. The number of ether oxygens (including phenoxy) is 1.